The molecule has 2 aliphatic heterocycles. The molecule has 2 amide bonds. The lowest BCUT2D eigenvalue weighted by atomic mass is 9.76. The van der Waals surface area contributed by atoms with Gasteiger partial charge in [-0.25, -0.2) is 14.4 Å². The normalized spacial score (nSPS) is 24.1. The van der Waals surface area contributed by atoms with Crippen LogP contribution in [0, 0.1) is 22.7 Å². The maximum absolute atomic E-state index is 14.8. The fourth-order valence-electron chi connectivity index (χ4n) is 5.17. The molecule has 11 nitrogen and oxygen atoms in total. The van der Waals surface area contributed by atoms with Gasteiger partial charge in [-0.3, -0.25) is 9.59 Å². The van der Waals surface area contributed by atoms with Crippen molar-refractivity contribution in [3.05, 3.63) is 53.6 Å². The standard InChI is InChI=1S/C28H30FN7O4/c1-15(37)25(38)36-9-8-23(20(29)13-36)40-22-7-4-16(10-17(22)12-30)24-31-14-32-27(35-24)33-18-5-6-19-21(11-18)34-26(39)28(19,2)3/h4-5,7,10-11,14-15,19-20,23,37H,6,8-9,13H2,1-3H3,(H,34,39)(H,31,32,33,35)/t15-,19?,20+,23-/m0/s1. The predicted octanol–water partition coefficient (Wildman–Crippen LogP) is 2.46. The zero-order valence-corrected chi connectivity index (χ0v) is 22.4. The van der Waals surface area contributed by atoms with E-state index in [0.29, 0.717) is 23.8 Å². The van der Waals surface area contributed by atoms with E-state index in [-0.39, 0.29) is 42.6 Å². The fraction of sp³-hybridized carbons (Fsp3) is 0.429. The second-order valence-electron chi connectivity index (χ2n) is 10.7. The highest BCUT2D eigenvalue weighted by Gasteiger charge is 2.46. The first kappa shape index (κ1) is 27.2. The summed E-state index contributed by atoms with van der Waals surface area (Å²) >= 11 is 0. The summed E-state index contributed by atoms with van der Waals surface area (Å²) in [7, 11) is 0. The minimum absolute atomic E-state index is 0.000461. The summed E-state index contributed by atoms with van der Waals surface area (Å²) in [6.45, 7) is 5.27. The maximum Gasteiger partial charge on any atom is 0.251 e. The van der Waals surface area contributed by atoms with Gasteiger partial charge in [-0.1, -0.05) is 19.9 Å². The lowest BCUT2D eigenvalue weighted by molar-refractivity contribution is -0.143. The summed E-state index contributed by atoms with van der Waals surface area (Å²) in [5, 5.41) is 25.4. The molecule has 1 unspecified atom stereocenters. The highest BCUT2D eigenvalue weighted by atomic mass is 19.1. The van der Waals surface area contributed by atoms with Gasteiger partial charge in [0.2, 0.25) is 11.9 Å². The number of nitrogens with zero attached hydrogens (tertiary/aromatic N) is 5. The maximum atomic E-state index is 14.8. The number of aromatic nitrogens is 3. The van der Waals surface area contributed by atoms with Gasteiger partial charge in [-0.15, -0.1) is 0 Å². The molecule has 2 saturated heterocycles. The summed E-state index contributed by atoms with van der Waals surface area (Å²) in [4.78, 5) is 38.5. The van der Waals surface area contributed by atoms with Crippen LogP contribution in [0.5, 0.6) is 5.75 Å². The van der Waals surface area contributed by atoms with Crippen molar-refractivity contribution in [2.24, 2.45) is 11.3 Å². The quantitative estimate of drug-likeness (QED) is 0.495. The van der Waals surface area contributed by atoms with Gasteiger partial charge >= 0.3 is 0 Å². The van der Waals surface area contributed by atoms with Crippen molar-refractivity contribution in [3.8, 4) is 23.2 Å². The number of hydrogen-bond acceptors (Lipinski definition) is 9. The van der Waals surface area contributed by atoms with Gasteiger partial charge in [0.15, 0.2) is 12.0 Å². The topological polar surface area (TPSA) is 153 Å². The van der Waals surface area contributed by atoms with Crippen LogP contribution in [0.2, 0.25) is 0 Å². The molecule has 208 valence electrons. The van der Waals surface area contributed by atoms with Crippen LogP contribution in [-0.4, -0.2) is 68.2 Å². The number of likely N-dealkylation sites (tertiary alicyclic amines) is 1. The molecule has 0 bridgehead atoms. The second kappa shape index (κ2) is 10.7. The van der Waals surface area contributed by atoms with Crippen molar-refractivity contribution >= 4 is 17.8 Å². The molecule has 3 aliphatic rings. The minimum Gasteiger partial charge on any atom is -0.486 e. The van der Waals surface area contributed by atoms with Gasteiger partial charge < -0.3 is 25.4 Å². The molecule has 3 N–H and O–H groups in total. The first-order chi connectivity index (χ1) is 19.1. The number of allylic oxidation sites excluding steroid dienone is 3. The summed E-state index contributed by atoms with van der Waals surface area (Å²) < 4.78 is 20.6. The zero-order chi connectivity index (χ0) is 28.6. The van der Waals surface area contributed by atoms with E-state index in [9.17, 15) is 24.3 Å². The largest absolute Gasteiger partial charge is 0.486 e. The van der Waals surface area contributed by atoms with E-state index in [4.69, 9.17) is 4.74 Å². The molecule has 1 aromatic heterocycles. The molecule has 0 saturated carbocycles. The average molecular weight is 548 g/mol. The summed E-state index contributed by atoms with van der Waals surface area (Å²) in [5.74, 6) is 0.414. The smallest absolute Gasteiger partial charge is 0.251 e. The number of aliphatic hydroxyl groups is 1. The number of hydrogen-bond donors (Lipinski definition) is 3. The van der Waals surface area contributed by atoms with E-state index in [0.717, 1.165) is 11.4 Å². The Morgan fingerprint density at radius 1 is 1.38 bits per heavy atom. The number of carbonyl (C=O) groups excluding carboxylic acids is 2. The number of piperidine rings is 1. The highest BCUT2D eigenvalue weighted by Crippen LogP contribution is 2.42. The third kappa shape index (κ3) is 5.24. The molecule has 1 aliphatic carbocycles. The number of halogens is 1. The van der Waals surface area contributed by atoms with E-state index < -0.39 is 29.7 Å². The molecule has 40 heavy (non-hydrogen) atoms. The van der Waals surface area contributed by atoms with E-state index in [2.05, 4.69) is 31.7 Å². The molecular weight excluding hydrogens is 517 g/mol. The third-order valence-corrected chi connectivity index (χ3v) is 7.59. The molecule has 2 aromatic rings. The van der Waals surface area contributed by atoms with Gasteiger partial charge in [-0.2, -0.15) is 10.2 Å². The number of nitriles is 1. The number of alkyl halides is 1. The van der Waals surface area contributed by atoms with Gasteiger partial charge in [0.05, 0.1) is 17.5 Å². The Morgan fingerprint density at radius 3 is 2.90 bits per heavy atom. The fourth-order valence-corrected chi connectivity index (χ4v) is 5.17. The molecule has 4 atom stereocenters. The van der Waals surface area contributed by atoms with E-state index in [1.807, 2.05) is 26.0 Å². The van der Waals surface area contributed by atoms with Gasteiger partial charge in [-0.05, 0) is 37.6 Å². The van der Waals surface area contributed by atoms with Crippen LogP contribution in [-0.2, 0) is 9.59 Å². The Labute approximate surface area is 230 Å². The van der Waals surface area contributed by atoms with Crippen LogP contribution in [0.4, 0.5) is 10.3 Å². The van der Waals surface area contributed by atoms with Crippen molar-refractivity contribution in [1.82, 2.24) is 25.2 Å². The van der Waals surface area contributed by atoms with Gasteiger partial charge in [0, 0.05) is 35.8 Å². The molecule has 12 heteroatoms. The Hall–Kier alpha value is -4.37. The van der Waals surface area contributed by atoms with E-state index >= 15 is 0 Å². The summed E-state index contributed by atoms with van der Waals surface area (Å²) in [6, 6.07) is 6.90. The first-order valence-electron chi connectivity index (χ1n) is 13.1. The summed E-state index contributed by atoms with van der Waals surface area (Å²) in [5.41, 5.74) is 1.88. The van der Waals surface area contributed by atoms with Crippen molar-refractivity contribution < 1.29 is 23.8 Å². The minimum atomic E-state index is -1.47. The first-order valence-corrected chi connectivity index (χ1v) is 13.1. The highest BCUT2D eigenvalue weighted by molar-refractivity contribution is 5.88. The van der Waals surface area contributed by atoms with Gasteiger partial charge in [0.1, 0.15) is 30.4 Å². The Kier molecular flexibility index (Phi) is 7.25. The van der Waals surface area contributed by atoms with Gasteiger partial charge in [0.25, 0.3) is 5.91 Å². The van der Waals surface area contributed by atoms with E-state index in [1.165, 1.54) is 18.2 Å². The molecular formula is C28H30FN7O4. The number of amides is 2. The molecule has 1 aromatic carbocycles. The molecule has 5 rings (SSSR count). The SMILES string of the molecule is C[C@H](O)C(=O)N1CC[C@H](Oc2ccc(-c3ncnc(NC4=CCC5C(=C4)NC(=O)C5(C)C)n3)cc2C#N)[C@H](F)C1. The van der Waals surface area contributed by atoms with Crippen LogP contribution >= 0.6 is 0 Å². The number of rotatable bonds is 6. The molecule has 3 heterocycles. The monoisotopic (exact) mass is 547 g/mol. The van der Waals surface area contributed by atoms with E-state index in [1.54, 1.807) is 18.2 Å². The molecule has 2 fully saturated rings. The van der Waals surface area contributed by atoms with Crippen LogP contribution in [0.3, 0.4) is 0 Å². The molecule has 0 spiro atoms. The Morgan fingerprint density at radius 2 is 2.17 bits per heavy atom. The van der Waals surface area contributed by atoms with Crippen molar-refractivity contribution in [2.75, 3.05) is 18.4 Å². The van der Waals surface area contributed by atoms with Crippen LogP contribution < -0.4 is 15.4 Å². The number of carbonyl (C=O) groups is 2. The Balaban J connectivity index is 1.28. The summed E-state index contributed by atoms with van der Waals surface area (Å²) in [6.07, 6.45) is 2.66. The number of benzene rings is 1. The van der Waals surface area contributed by atoms with Crippen molar-refractivity contribution in [2.45, 2.75) is 52.0 Å². The number of anilines is 1. The predicted molar refractivity (Wildman–Crippen MR) is 142 cm³/mol. The third-order valence-electron chi connectivity index (χ3n) is 7.59. The van der Waals surface area contributed by atoms with Crippen LogP contribution in [0.15, 0.2) is 48.1 Å². The average Bonchev–Trinajstić information content (AvgIpc) is 3.16. The lowest BCUT2D eigenvalue weighted by Gasteiger charge is -2.35. The lowest BCUT2D eigenvalue weighted by Crippen LogP contribution is -2.51. The van der Waals surface area contributed by atoms with Crippen LogP contribution in [0.25, 0.3) is 11.4 Å². The second-order valence-corrected chi connectivity index (χ2v) is 10.7. The number of nitrogens with one attached hydrogen (secondary N) is 2. The Bertz CT molecular complexity index is 1450. The number of aliphatic hydroxyl groups excluding tert-OH is 1. The van der Waals surface area contributed by atoms with Crippen molar-refractivity contribution in [3.63, 3.8) is 0 Å². The van der Waals surface area contributed by atoms with Crippen molar-refractivity contribution in [1.29, 1.82) is 5.26 Å². The number of ether oxygens (including phenoxy) is 1. The zero-order valence-electron chi connectivity index (χ0n) is 22.4. The molecule has 0 radical (unpaired) electrons. The number of fused-ring (bicyclic) bond motifs is 1. The van der Waals surface area contributed by atoms with Crippen LogP contribution in [0.1, 0.15) is 39.2 Å².